The van der Waals surface area contributed by atoms with Gasteiger partial charge in [-0.2, -0.15) is 0 Å². The molecule has 7 heteroatoms. The fraction of sp³-hybridized carbons (Fsp3) is 0.316. The molecule has 138 valence electrons. The first-order valence-corrected chi connectivity index (χ1v) is 9.24. The molecule has 1 aliphatic rings. The smallest absolute Gasteiger partial charge is 0.244 e. The summed E-state index contributed by atoms with van der Waals surface area (Å²) in [4.78, 5) is 16.6. The molecule has 1 amide bonds. The van der Waals surface area contributed by atoms with E-state index in [0.29, 0.717) is 41.9 Å². The van der Waals surface area contributed by atoms with Crippen molar-refractivity contribution in [2.75, 3.05) is 36.4 Å². The summed E-state index contributed by atoms with van der Waals surface area (Å²) in [6.07, 6.45) is 0. The maximum atomic E-state index is 12.7. The molecule has 3 rings (SSSR count). The van der Waals surface area contributed by atoms with E-state index in [2.05, 4.69) is 10.2 Å². The van der Waals surface area contributed by atoms with Gasteiger partial charge in [-0.05, 0) is 37.3 Å². The first kappa shape index (κ1) is 18.7. The highest BCUT2D eigenvalue weighted by molar-refractivity contribution is 6.36. The number of nitrogens with zero attached hydrogens (tertiary/aromatic N) is 2. The molecule has 0 bridgehead atoms. The van der Waals surface area contributed by atoms with Gasteiger partial charge in [0.1, 0.15) is 11.8 Å². The highest BCUT2D eigenvalue weighted by Crippen LogP contribution is 2.28. The maximum absolute atomic E-state index is 12.7. The number of halogens is 2. The molecule has 2 aromatic carbocycles. The second kappa shape index (κ2) is 8.06. The zero-order chi connectivity index (χ0) is 18.7. The Bertz CT molecular complexity index is 792. The number of phenols is 1. The molecule has 5 nitrogen and oxygen atoms in total. The van der Waals surface area contributed by atoms with E-state index in [0.717, 1.165) is 5.69 Å². The van der Waals surface area contributed by atoms with Crippen LogP contribution in [0.3, 0.4) is 0 Å². The number of benzene rings is 2. The van der Waals surface area contributed by atoms with Crippen molar-refractivity contribution in [3.63, 3.8) is 0 Å². The summed E-state index contributed by atoms with van der Waals surface area (Å²) < 4.78 is 0. The van der Waals surface area contributed by atoms with Crippen LogP contribution in [0.1, 0.15) is 6.92 Å². The minimum Gasteiger partial charge on any atom is -0.506 e. The summed E-state index contributed by atoms with van der Waals surface area (Å²) in [6.45, 7) is 4.39. The Morgan fingerprint density at radius 3 is 2.46 bits per heavy atom. The molecule has 0 unspecified atom stereocenters. The summed E-state index contributed by atoms with van der Waals surface area (Å²) in [7, 11) is 0. The number of amides is 1. The Morgan fingerprint density at radius 1 is 1.12 bits per heavy atom. The van der Waals surface area contributed by atoms with E-state index in [9.17, 15) is 9.90 Å². The van der Waals surface area contributed by atoms with Crippen LogP contribution in [0.2, 0.25) is 10.0 Å². The van der Waals surface area contributed by atoms with Gasteiger partial charge in [-0.25, -0.2) is 0 Å². The molecule has 1 fully saturated rings. The molecule has 1 saturated heterocycles. The quantitative estimate of drug-likeness (QED) is 0.827. The van der Waals surface area contributed by atoms with Crippen LogP contribution in [0.4, 0.5) is 11.4 Å². The third-order valence-corrected chi connectivity index (χ3v) is 5.04. The number of rotatable bonds is 4. The number of carbonyl (C=O) groups excluding carboxylic acids is 1. The summed E-state index contributed by atoms with van der Waals surface area (Å²) in [5, 5.41) is 14.2. The predicted octanol–water partition coefficient (Wildman–Crippen LogP) is 3.85. The predicted molar refractivity (Wildman–Crippen MR) is 106 cm³/mol. The lowest BCUT2D eigenvalue weighted by Crippen LogP contribution is -2.52. The molecule has 0 aliphatic carbocycles. The number of hydrogen-bond donors (Lipinski definition) is 2. The van der Waals surface area contributed by atoms with E-state index in [1.54, 1.807) is 30.3 Å². The molecular formula is C19H21Cl2N3O2. The number of phenolic OH excluding ortho intramolecular Hbond substituents is 1. The minimum absolute atomic E-state index is 0.0213. The fourth-order valence-corrected chi connectivity index (χ4v) is 3.54. The van der Waals surface area contributed by atoms with Gasteiger partial charge in [-0.3, -0.25) is 4.79 Å². The molecule has 2 aromatic rings. The standard InChI is InChI=1S/C19H21Cl2N3O2/c1-13(22-16-7-6-14(20)12-15(16)21)19(26)24-10-8-23(9-11-24)17-4-2-3-5-18(17)25/h2-7,12-13,22,25H,8-11H2,1H3/t13-/m1/s1. The number of carbonyl (C=O) groups is 1. The second-order valence-electron chi connectivity index (χ2n) is 6.29. The summed E-state index contributed by atoms with van der Waals surface area (Å²) in [5.41, 5.74) is 1.49. The van der Waals surface area contributed by atoms with Crippen molar-refractivity contribution < 1.29 is 9.90 Å². The Labute approximate surface area is 163 Å². The van der Waals surface area contributed by atoms with E-state index in [1.165, 1.54) is 0 Å². The van der Waals surface area contributed by atoms with Crippen LogP contribution in [-0.4, -0.2) is 48.1 Å². The zero-order valence-electron chi connectivity index (χ0n) is 14.5. The molecule has 0 spiro atoms. The molecular weight excluding hydrogens is 373 g/mol. The first-order valence-electron chi connectivity index (χ1n) is 8.49. The average molecular weight is 394 g/mol. The van der Waals surface area contributed by atoms with Gasteiger partial charge in [0.25, 0.3) is 0 Å². The van der Waals surface area contributed by atoms with Gasteiger partial charge in [0, 0.05) is 31.2 Å². The van der Waals surface area contributed by atoms with Gasteiger partial charge < -0.3 is 20.2 Å². The van der Waals surface area contributed by atoms with E-state index >= 15 is 0 Å². The molecule has 1 atom stereocenters. The van der Waals surface area contributed by atoms with E-state index in [-0.39, 0.29) is 11.7 Å². The molecule has 26 heavy (non-hydrogen) atoms. The van der Waals surface area contributed by atoms with Crippen molar-refractivity contribution in [3.05, 3.63) is 52.5 Å². The van der Waals surface area contributed by atoms with Crippen LogP contribution < -0.4 is 10.2 Å². The highest BCUT2D eigenvalue weighted by atomic mass is 35.5. The number of nitrogens with one attached hydrogen (secondary N) is 1. The minimum atomic E-state index is -0.398. The van der Waals surface area contributed by atoms with Crippen molar-refractivity contribution in [2.45, 2.75) is 13.0 Å². The largest absolute Gasteiger partial charge is 0.506 e. The number of para-hydroxylation sites is 2. The molecule has 0 aromatic heterocycles. The lowest BCUT2D eigenvalue weighted by molar-refractivity contribution is -0.131. The van der Waals surface area contributed by atoms with Crippen molar-refractivity contribution in [3.8, 4) is 5.75 Å². The van der Waals surface area contributed by atoms with Crippen molar-refractivity contribution in [1.29, 1.82) is 0 Å². The van der Waals surface area contributed by atoms with Gasteiger partial charge >= 0.3 is 0 Å². The number of anilines is 2. The Hall–Kier alpha value is -2.11. The summed E-state index contributed by atoms with van der Waals surface area (Å²) in [6, 6.07) is 12.0. The molecule has 0 saturated carbocycles. The maximum Gasteiger partial charge on any atom is 0.244 e. The van der Waals surface area contributed by atoms with Gasteiger partial charge in [0.15, 0.2) is 0 Å². The molecule has 1 heterocycles. The normalized spacial score (nSPS) is 15.7. The lowest BCUT2D eigenvalue weighted by atomic mass is 10.2. The zero-order valence-corrected chi connectivity index (χ0v) is 16.0. The topological polar surface area (TPSA) is 55.8 Å². The van der Waals surface area contributed by atoms with Crippen LogP contribution in [0.25, 0.3) is 0 Å². The SMILES string of the molecule is C[C@@H](Nc1ccc(Cl)cc1Cl)C(=O)N1CCN(c2ccccc2O)CC1. The van der Waals surface area contributed by atoms with Crippen molar-refractivity contribution in [2.24, 2.45) is 0 Å². The lowest BCUT2D eigenvalue weighted by Gasteiger charge is -2.37. The number of piperazine rings is 1. The van der Waals surface area contributed by atoms with Gasteiger partial charge in [0.05, 0.1) is 16.4 Å². The Kier molecular flexibility index (Phi) is 5.79. The molecule has 1 aliphatic heterocycles. The van der Waals surface area contributed by atoms with Crippen LogP contribution in [0.15, 0.2) is 42.5 Å². The number of hydrogen-bond acceptors (Lipinski definition) is 4. The van der Waals surface area contributed by atoms with E-state index in [4.69, 9.17) is 23.2 Å². The molecule has 0 radical (unpaired) electrons. The third-order valence-electron chi connectivity index (χ3n) is 4.49. The van der Waals surface area contributed by atoms with Gasteiger partial charge in [0.2, 0.25) is 5.91 Å². The highest BCUT2D eigenvalue weighted by Gasteiger charge is 2.26. The number of aromatic hydroxyl groups is 1. The van der Waals surface area contributed by atoms with Crippen LogP contribution in [-0.2, 0) is 4.79 Å². The Balaban J connectivity index is 1.58. The van der Waals surface area contributed by atoms with Crippen molar-refractivity contribution >= 4 is 40.5 Å². The molecule has 2 N–H and O–H groups in total. The van der Waals surface area contributed by atoms with Gasteiger partial charge in [-0.1, -0.05) is 35.3 Å². The van der Waals surface area contributed by atoms with Gasteiger partial charge in [-0.15, -0.1) is 0 Å². The van der Waals surface area contributed by atoms with Crippen LogP contribution in [0.5, 0.6) is 5.75 Å². The third kappa shape index (κ3) is 4.17. The Morgan fingerprint density at radius 2 is 1.81 bits per heavy atom. The van der Waals surface area contributed by atoms with Crippen LogP contribution >= 0.6 is 23.2 Å². The average Bonchev–Trinajstić information content (AvgIpc) is 2.64. The second-order valence-corrected chi connectivity index (χ2v) is 7.13. The monoisotopic (exact) mass is 393 g/mol. The summed E-state index contributed by atoms with van der Waals surface area (Å²) >= 11 is 12.1. The van der Waals surface area contributed by atoms with E-state index in [1.807, 2.05) is 24.0 Å². The first-order chi connectivity index (χ1) is 12.5. The van der Waals surface area contributed by atoms with Crippen LogP contribution in [0, 0.1) is 0 Å². The summed E-state index contributed by atoms with van der Waals surface area (Å²) in [5.74, 6) is 0.285. The van der Waals surface area contributed by atoms with E-state index < -0.39 is 6.04 Å². The fourth-order valence-electron chi connectivity index (χ4n) is 3.07. The van der Waals surface area contributed by atoms with Crippen molar-refractivity contribution in [1.82, 2.24) is 4.90 Å².